The van der Waals surface area contributed by atoms with Gasteiger partial charge in [0.15, 0.2) is 0 Å². The maximum atomic E-state index is 10.0. The number of hydrogen-bond donors (Lipinski definition) is 2. The Balaban J connectivity index is 2.49. The number of hydrogen-bond acceptors (Lipinski definition) is 2. The molecule has 2 nitrogen and oxygen atoms in total. The summed E-state index contributed by atoms with van der Waals surface area (Å²) in [5.74, 6) is 0.651. The summed E-state index contributed by atoms with van der Waals surface area (Å²) in [6.07, 6.45) is 5.02. The molecule has 2 N–H and O–H groups in total. The fourth-order valence-corrected chi connectivity index (χ4v) is 3.97. The molecule has 1 aliphatic carbocycles. The molecule has 0 amide bonds. The third kappa shape index (κ3) is 5.76. The van der Waals surface area contributed by atoms with Gasteiger partial charge in [0.05, 0.1) is 11.6 Å². The quantitative estimate of drug-likeness (QED) is 0.661. The van der Waals surface area contributed by atoms with E-state index in [-0.39, 0.29) is 11.5 Å². The summed E-state index contributed by atoms with van der Waals surface area (Å²) in [6.45, 7) is 16.9. The predicted molar refractivity (Wildman–Crippen MR) is 95.9 cm³/mol. The van der Waals surface area contributed by atoms with Crippen LogP contribution in [0.25, 0.3) is 0 Å². The van der Waals surface area contributed by atoms with Gasteiger partial charge in [0, 0.05) is 9.28 Å². The minimum Gasteiger partial charge on any atom is -0.390 e. The van der Waals surface area contributed by atoms with E-state index in [0.29, 0.717) is 5.92 Å². The summed E-state index contributed by atoms with van der Waals surface area (Å²) in [4.78, 5) is 0. The molecule has 116 valence electrons. The lowest BCUT2D eigenvalue weighted by molar-refractivity contribution is 0.00789. The first kappa shape index (κ1) is 18.0. The van der Waals surface area contributed by atoms with E-state index in [1.165, 1.54) is 0 Å². The van der Waals surface area contributed by atoms with Crippen molar-refractivity contribution in [2.24, 2.45) is 11.3 Å². The lowest BCUT2D eigenvalue weighted by atomic mass is 9.78. The number of nitrogens with one attached hydrogen (secondary N) is 1. The third-order valence-corrected chi connectivity index (χ3v) is 4.87. The van der Waals surface area contributed by atoms with Crippen molar-refractivity contribution >= 4 is 22.6 Å². The number of rotatable bonds is 5. The fourth-order valence-electron chi connectivity index (χ4n) is 2.88. The molecule has 1 saturated carbocycles. The van der Waals surface area contributed by atoms with E-state index in [1.54, 1.807) is 0 Å². The van der Waals surface area contributed by atoms with E-state index in [4.69, 9.17) is 0 Å². The molecule has 1 atom stereocenters. The lowest BCUT2D eigenvalue weighted by Gasteiger charge is -2.36. The van der Waals surface area contributed by atoms with Crippen LogP contribution in [0.5, 0.6) is 0 Å². The van der Waals surface area contributed by atoms with Crippen molar-refractivity contribution in [3.05, 3.63) is 22.4 Å². The van der Waals surface area contributed by atoms with Gasteiger partial charge in [-0.1, -0.05) is 33.9 Å². The minimum absolute atomic E-state index is 0.136. The van der Waals surface area contributed by atoms with Gasteiger partial charge in [0.1, 0.15) is 0 Å². The highest BCUT2D eigenvalue weighted by Crippen LogP contribution is 2.35. The Morgan fingerprint density at radius 2 is 1.85 bits per heavy atom. The Hall–Kier alpha value is -0.0300. The molecular weight excluding hydrogens is 361 g/mol. The lowest BCUT2D eigenvalue weighted by Crippen LogP contribution is -2.40. The van der Waals surface area contributed by atoms with E-state index in [2.05, 4.69) is 61.8 Å². The van der Waals surface area contributed by atoms with Crippen molar-refractivity contribution in [1.29, 1.82) is 0 Å². The van der Waals surface area contributed by atoms with Gasteiger partial charge in [-0.05, 0) is 73.0 Å². The summed E-state index contributed by atoms with van der Waals surface area (Å²) in [6, 6.07) is 0.252. The third-order valence-electron chi connectivity index (χ3n) is 4.25. The molecule has 0 aromatic rings. The Labute approximate surface area is 138 Å². The smallest absolute Gasteiger partial charge is 0.0620 e. The SMILES string of the molecule is C=C(CC1CCC(C)(O)CC1)NC(C(=C)I)C(C)(C)C. The molecule has 0 heterocycles. The van der Waals surface area contributed by atoms with Gasteiger partial charge in [-0.2, -0.15) is 0 Å². The molecule has 0 aromatic carbocycles. The molecule has 0 spiro atoms. The average Bonchev–Trinajstić information content (AvgIpc) is 2.27. The van der Waals surface area contributed by atoms with Crippen molar-refractivity contribution in [2.75, 3.05) is 0 Å². The molecule has 1 aliphatic rings. The molecule has 3 heteroatoms. The molecule has 1 fully saturated rings. The van der Waals surface area contributed by atoms with E-state index in [9.17, 15) is 5.11 Å². The van der Waals surface area contributed by atoms with E-state index in [1.807, 2.05) is 6.92 Å². The summed E-state index contributed by atoms with van der Waals surface area (Å²) in [5.41, 5.74) is 0.793. The van der Waals surface area contributed by atoms with E-state index < -0.39 is 5.60 Å². The molecule has 0 aromatic heterocycles. The van der Waals surface area contributed by atoms with Gasteiger partial charge in [0.2, 0.25) is 0 Å². The molecule has 0 radical (unpaired) electrons. The number of allylic oxidation sites excluding steroid dienone is 1. The summed E-state index contributed by atoms with van der Waals surface area (Å²) >= 11 is 2.31. The van der Waals surface area contributed by atoms with Crippen LogP contribution in [0.3, 0.4) is 0 Å². The second-order valence-electron chi connectivity index (χ2n) is 7.64. The second-order valence-corrected chi connectivity index (χ2v) is 9.02. The maximum Gasteiger partial charge on any atom is 0.0620 e. The first-order chi connectivity index (χ1) is 9.01. The Kier molecular flexibility index (Phi) is 6.14. The first-order valence-corrected chi connectivity index (χ1v) is 8.60. The van der Waals surface area contributed by atoms with Gasteiger partial charge >= 0.3 is 0 Å². The molecule has 1 rings (SSSR count). The van der Waals surface area contributed by atoms with Crippen LogP contribution in [0.2, 0.25) is 0 Å². The first-order valence-electron chi connectivity index (χ1n) is 7.52. The van der Waals surface area contributed by atoms with Gasteiger partial charge < -0.3 is 10.4 Å². The summed E-state index contributed by atoms with van der Waals surface area (Å²) < 4.78 is 1.13. The molecule has 0 saturated heterocycles. The number of aliphatic hydroxyl groups is 1. The predicted octanol–water partition coefficient (Wildman–Crippen LogP) is 4.78. The van der Waals surface area contributed by atoms with Crippen molar-refractivity contribution in [3.63, 3.8) is 0 Å². The highest BCUT2D eigenvalue weighted by Gasteiger charge is 2.30. The van der Waals surface area contributed by atoms with Crippen molar-refractivity contribution in [2.45, 2.75) is 71.4 Å². The fraction of sp³-hybridized carbons (Fsp3) is 0.765. The van der Waals surface area contributed by atoms with Crippen LogP contribution in [0.1, 0.15) is 59.8 Å². The molecule has 20 heavy (non-hydrogen) atoms. The molecular formula is C17H30INO. The summed E-state index contributed by atoms with van der Waals surface area (Å²) in [7, 11) is 0. The van der Waals surface area contributed by atoms with Crippen LogP contribution in [0.15, 0.2) is 22.4 Å². The normalized spacial score (nSPS) is 28.8. The highest BCUT2D eigenvalue weighted by atomic mass is 127. The van der Waals surface area contributed by atoms with Crippen LogP contribution in [0, 0.1) is 11.3 Å². The van der Waals surface area contributed by atoms with Gasteiger partial charge in [-0.3, -0.25) is 0 Å². The maximum absolute atomic E-state index is 10.0. The standard InChI is InChI=1S/C17H30INO/c1-12(19-15(13(2)18)16(3,4)5)11-14-7-9-17(6,20)10-8-14/h14-15,19-20H,1-2,7-11H2,3-6H3. The molecule has 0 bridgehead atoms. The van der Waals surface area contributed by atoms with Gasteiger partial charge in [-0.25, -0.2) is 0 Å². The molecule has 1 unspecified atom stereocenters. The van der Waals surface area contributed by atoms with Crippen LogP contribution < -0.4 is 5.32 Å². The Morgan fingerprint density at radius 1 is 1.35 bits per heavy atom. The zero-order chi connectivity index (χ0) is 15.6. The van der Waals surface area contributed by atoms with E-state index in [0.717, 1.165) is 41.4 Å². The average molecular weight is 391 g/mol. The zero-order valence-electron chi connectivity index (χ0n) is 13.4. The Bertz CT molecular complexity index is 358. The minimum atomic E-state index is -0.449. The highest BCUT2D eigenvalue weighted by molar-refractivity contribution is 14.1. The number of halogens is 1. The van der Waals surface area contributed by atoms with Crippen molar-refractivity contribution in [1.82, 2.24) is 5.32 Å². The van der Waals surface area contributed by atoms with Crippen LogP contribution >= 0.6 is 22.6 Å². The second kappa shape index (κ2) is 6.82. The largest absolute Gasteiger partial charge is 0.390 e. The van der Waals surface area contributed by atoms with Gasteiger partial charge in [-0.15, -0.1) is 0 Å². The monoisotopic (exact) mass is 391 g/mol. The summed E-state index contributed by atoms with van der Waals surface area (Å²) in [5, 5.41) is 13.6. The molecule has 0 aliphatic heterocycles. The van der Waals surface area contributed by atoms with Gasteiger partial charge in [0.25, 0.3) is 0 Å². The van der Waals surface area contributed by atoms with Crippen LogP contribution in [-0.2, 0) is 0 Å². The Morgan fingerprint density at radius 3 is 2.25 bits per heavy atom. The topological polar surface area (TPSA) is 32.3 Å². The van der Waals surface area contributed by atoms with Crippen LogP contribution in [0.4, 0.5) is 0 Å². The van der Waals surface area contributed by atoms with Crippen molar-refractivity contribution in [3.8, 4) is 0 Å². The van der Waals surface area contributed by atoms with Crippen molar-refractivity contribution < 1.29 is 5.11 Å². The van der Waals surface area contributed by atoms with Crippen LogP contribution in [-0.4, -0.2) is 16.7 Å². The zero-order valence-corrected chi connectivity index (χ0v) is 15.6. The van der Waals surface area contributed by atoms with E-state index >= 15 is 0 Å².